The van der Waals surface area contributed by atoms with Crippen molar-refractivity contribution in [1.29, 1.82) is 0 Å². The summed E-state index contributed by atoms with van der Waals surface area (Å²) < 4.78 is 15.9. The van der Waals surface area contributed by atoms with Crippen LogP contribution in [0.1, 0.15) is 44.7 Å². The number of hydrogen-bond donors (Lipinski definition) is 7. The van der Waals surface area contributed by atoms with E-state index < -0.39 is 55.0 Å². The second-order valence-corrected chi connectivity index (χ2v) is 9.62. The van der Waals surface area contributed by atoms with Crippen LogP contribution in [-0.4, -0.2) is 97.8 Å². The van der Waals surface area contributed by atoms with Crippen molar-refractivity contribution < 1.29 is 54.8 Å². The van der Waals surface area contributed by atoms with Gasteiger partial charge < -0.3 is 50.0 Å². The van der Waals surface area contributed by atoms with Crippen LogP contribution in [0.4, 0.5) is 0 Å². The molecular formula is C25H38O11. The molecule has 1 saturated heterocycles. The van der Waals surface area contributed by atoms with Crippen LogP contribution in [0.25, 0.3) is 0 Å². The minimum absolute atomic E-state index is 0.0704. The Morgan fingerprint density at radius 1 is 1.17 bits per heavy atom. The molecule has 0 aliphatic carbocycles. The molecule has 6 atom stereocenters. The highest BCUT2D eigenvalue weighted by molar-refractivity contribution is 5.74. The fourth-order valence-corrected chi connectivity index (χ4v) is 3.69. The van der Waals surface area contributed by atoms with Gasteiger partial charge in [-0.3, -0.25) is 4.79 Å². The Hall–Kier alpha value is -2.25. The highest BCUT2D eigenvalue weighted by Crippen LogP contribution is 2.33. The molecular weight excluding hydrogens is 476 g/mol. The lowest BCUT2D eigenvalue weighted by molar-refractivity contribution is -0.277. The van der Waals surface area contributed by atoms with E-state index in [4.69, 9.17) is 14.2 Å². The number of allylic oxidation sites excluding steroid dienone is 2. The van der Waals surface area contributed by atoms with Crippen molar-refractivity contribution in [3.63, 3.8) is 0 Å². The third kappa shape index (κ3) is 7.87. The Balaban J connectivity index is 2.27. The second kappa shape index (κ2) is 12.8. The van der Waals surface area contributed by atoms with Crippen LogP contribution in [0.5, 0.6) is 11.5 Å². The molecule has 1 heterocycles. The Bertz CT molecular complexity index is 906. The van der Waals surface area contributed by atoms with Crippen molar-refractivity contribution in [1.82, 2.24) is 0 Å². The Kier molecular flexibility index (Phi) is 10.7. The molecule has 0 saturated carbocycles. The van der Waals surface area contributed by atoms with Gasteiger partial charge in [-0.15, -0.1) is 0 Å². The van der Waals surface area contributed by atoms with Crippen molar-refractivity contribution in [3.8, 4) is 11.5 Å². The zero-order valence-corrected chi connectivity index (χ0v) is 21.0. The molecule has 0 radical (unpaired) electrons. The number of carbonyl (C=O) groups excluding carboxylic acids is 1. The number of aliphatic hydroxyl groups excluding tert-OH is 5. The van der Waals surface area contributed by atoms with Gasteiger partial charge in [0, 0.05) is 11.1 Å². The predicted molar refractivity (Wildman–Crippen MR) is 127 cm³/mol. The first-order chi connectivity index (χ1) is 16.8. The zero-order valence-electron chi connectivity index (χ0n) is 21.0. The van der Waals surface area contributed by atoms with Crippen LogP contribution in [0.15, 0.2) is 23.8 Å². The molecule has 1 aromatic rings. The summed E-state index contributed by atoms with van der Waals surface area (Å²) in [7, 11) is 1.21. The molecule has 7 N–H and O–H groups in total. The topological polar surface area (TPSA) is 186 Å². The first-order valence-electron chi connectivity index (χ1n) is 11.7. The van der Waals surface area contributed by atoms with Gasteiger partial charge in [0.15, 0.2) is 0 Å². The number of phenolic OH excluding ortho intramolecular Hbond substituents is 1. The van der Waals surface area contributed by atoms with Crippen LogP contribution in [0, 0.1) is 0 Å². The van der Waals surface area contributed by atoms with E-state index in [0.29, 0.717) is 18.4 Å². The molecule has 0 amide bonds. The molecule has 1 aliphatic heterocycles. The van der Waals surface area contributed by atoms with E-state index in [9.17, 15) is 40.5 Å². The van der Waals surface area contributed by atoms with E-state index in [0.717, 1.165) is 5.57 Å². The fraction of sp³-hybridized carbons (Fsp3) is 0.640. The maximum atomic E-state index is 11.9. The van der Waals surface area contributed by atoms with E-state index in [1.54, 1.807) is 0 Å². The average molecular weight is 515 g/mol. The van der Waals surface area contributed by atoms with E-state index >= 15 is 0 Å². The van der Waals surface area contributed by atoms with Crippen LogP contribution < -0.4 is 4.74 Å². The van der Waals surface area contributed by atoms with Gasteiger partial charge >= 0.3 is 5.97 Å². The van der Waals surface area contributed by atoms with Gasteiger partial charge in [0.05, 0.1) is 31.8 Å². The highest BCUT2D eigenvalue weighted by Gasteiger charge is 2.45. The molecule has 0 aromatic heterocycles. The van der Waals surface area contributed by atoms with E-state index in [-0.39, 0.29) is 29.9 Å². The monoisotopic (exact) mass is 514 g/mol. The molecule has 2 rings (SSSR count). The van der Waals surface area contributed by atoms with Crippen molar-refractivity contribution in [3.05, 3.63) is 34.9 Å². The summed E-state index contributed by atoms with van der Waals surface area (Å²) in [6.45, 7) is 4.28. The van der Waals surface area contributed by atoms with Crippen molar-refractivity contribution in [2.75, 3.05) is 13.7 Å². The molecule has 11 heteroatoms. The third-order valence-electron chi connectivity index (χ3n) is 6.21. The molecule has 0 bridgehead atoms. The smallest absolute Gasteiger partial charge is 0.310 e. The molecule has 1 fully saturated rings. The number of aliphatic hydroxyl groups is 6. The summed E-state index contributed by atoms with van der Waals surface area (Å²) in [4.78, 5) is 11.9. The van der Waals surface area contributed by atoms with Crippen LogP contribution >= 0.6 is 0 Å². The fourth-order valence-electron chi connectivity index (χ4n) is 3.69. The van der Waals surface area contributed by atoms with Crippen molar-refractivity contribution >= 4 is 5.97 Å². The summed E-state index contributed by atoms with van der Waals surface area (Å²) in [5, 5.41) is 70.2. The molecule has 0 unspecified atom stereocenters. The summed E-state index contributed by atoms with van der Waals surface area (Å²) in [6.07, 6.45) is -5.72. The van der Waals surface area contributed by atoms with Crippen LogP contribution in [0.2, 0.25) is 0 Å². The number of rotatable bonds is 11. The molecule has 0 spiro atoms. The number of ether oxygens (including phenoxy) is 3. The number of carbonyl (C=O) groups is 1. The summed E-state index contributed by atoms with van der Waals surface area (Å²) in [6, 6.07) is 2.79. The normalized spacial score (nSPS) is 25.9. The Labute approximate surface area is 210 Å². The Morgan fingerprint density at radius 3 is 2.42 bits per heavy atom. The lowest BCUT2D eigenvalue weighted by Crippen LogP contribution is -2.60. The maximum absolute atomic E-state index is 11.9. The quantitative estimate of drug-likeness (QED) is 0.152. The highest BCUT2D eigenvalue weighted by atomic mass is 16.7. The lowest BCUT2D eigenvalue weighted by Gasteiger charge is -2.39. The number of hydrogen-bond acceptors (Lipinski definition) is 11. The standard InChI is InChI=1S/C25H38O11/c1-13(6-8-19(28)25(2,3)33)5-7-14-10-17(15(9-16(14)27)11-20(29)34-4)35-24-23(32)22(31)21(30)18(12-26)36-24/h5,9-10,18-19,21-24,26-28,30-33H,6-8,11-12H2,1-4H3/t18-,19+,21-,22+,23-,24-/m1/s1. The molecule has 36 heavy (non-hydrogen) atoms. The van der Waals surface area contributed by atoms with Gasteiger partial charge in [-0.2, -0.15) is 0 Å². The van der Waals surface area contributed by atoms with Crippen LogP contribution in [-0.2, 0) is 27.1 Å². The van der Waals surface area contributed by atoms with Gasteiger partial charge in [0.2, 0.25) is 6.29 Å². The van der Waals surface area contributed by atoms with Gasteiger partial charge in [-0.05, 0) is 52.2 Å². The van der Waals surface area contributed by atoms with Gasteiger partial charge in [0.25, 0.3) is 0 Å². The molecule has 11 nitrogen and oxygen atoms in total. The minimum Gasteiger partial charge on any atom is -0.508 e. The Morgan fingerprint density at radius 2 is 1.83 bits per heavy atom. The summed E-state index contributed by atoms with van der Waals surface area (Å²) in [5.74, 6) is -0.654. The van der Waals surface area contributed by atoms with Crippen molar-refractivity contribution in [2.45, 2.75) is 88.9 Å². The van der Waals surface area contributed by atoms with Gasteiger partial charge in [-0.1, -0.05) is 11.6 Å². The first-order valence-corrected chi connectivity index (χ1v) is 11.7. The van der Waals surface area contributed by atoms with E-state index in [2.05, 4.69) is 0 Å². The number of benzene rings is 1. The van der Waals surface area contributed by atoms with E-state index in [1.807, 2.05) is 13.0 Å². The number of esters is 1. The maximum Gasteiger partial charge on any atom is 0.310 e. The van der Waals surface area contributed by atoms with Gasteiger partial charge in [0.1, 0.15) is 35.9 Å². The van der Waals surface area contributed by atoms with Crippen LogP contribution in [0.3, 0.4) is 0 Å². The second-order valence-electron chi connectivity index (χ2n) is 9.62. The van der Waals surface area contributed by atoms with Crippen molar-refractivity contribution in [2.24, 2.45) is 0 Å². The largest absolute Gasteiger partial charge is 0.508 e. The van der Waals surface area contributed by atoms with Gasteiger partial charge in [-0.25, -0.2) is 0 Å². The zero-order chi connectivity index (χ0) is 27.2. The number of aromatic hydroxyl groups is 1. The number of methoxy groups -OCH3 is 1. The molecule has 1 aliphatic rings. The third-order valence-corrected chi connectivity index (χ3v) is 6.21. The SMILES string of the molecule is COC(=O)Cc1cc(O)c(CC=C(C)CC[C@H](O)C(C)(C)O)cc1O[C@@H]1O[C@H](CO)[C@@H](O)[C@H](O)[C@H]1O. The first kappa shape index (κ1) is 30.0. The predicted octanol–water partition coefficient (Wildman–Crippen LogP) is -0.313. The molecule has 1 aromatic carbocycles. The minimum atomic E-state index is -1.66. The number of phenols is 1. The summed E-state index contributed by atoms with van der Waals surface area (Å²) in [5.41, 5.74) is 0.345. The average Bonchev–Trinajstić information content (AvgIpc) is 2.82. The molecule has 204 valence electrons. The lowest BCUT2D eigenvalue weighted by atomic mass is 9.95. The van der Waals surface area contributed by atoms with E-state index in [1.165, 1.54) is 33.1 Å². The summed E-state index contributed by atoms with van der Waals surface area (Å²) >= 11 is 0.